The molecule has 0 saturated heterocycles. The van der Waals surface area contributed by atoms with E-state index in [1.165, 1.54) is 25.7 Å². The van der Waals surface area contributed by atoms with Crippen LogP contribution in [0.1, 0.15) is 46.0 Å². The molecule has 0 unspecified atom stereocenters. The van der Waals surface area contributed by atoms with Crippen LogP contribution in [0.25, 0.3) is 0 Å². The molecule has 0 rings (SSSR count). The first-order valence-electron chi connectivity index (χ1n) is 5.14. The van der Waals surface area contributed by atoms with Crippen LogP contribution in [0.2, 0.25) is 0 Å². The van der Waals surface area contributed by atoms with Gasteiger partial charge in [0.1, 0.15) is 0 Å². The normalized spacial score (nSPS) is 11.0. The first kappa shape index (κ1) is 12.0. The third kappa shape index (κ3) is 9.96. The van der Waals surface area contributed by atoms with Crippen molar-refractivity contribution in [3.63, 3.8) is 0 Å². The molecule has 0 aliphatic carbocycles. The summed E-state index contributed by atoms with van der Waals surface area (Å²) < 4.78 is 5.46. The smallest absolute Gasteiger partial charge is 0.0488 e. The van der Waals surface area contributed by atoms with Crippen molar-refractivity contribution in [2.45, 2.75) is 46.0 Å². The highest BCUT2D eigenvalue weighted by atomic mass is 16.5. The highest BCUT2D eigenvalue weighted by molar-refractivity contribution is 4.45. The van der Waals surface area contributed by atoms with Crippen molar-refractivity contribution in [2.24, 2.45) is 5.92 Å². The largest absolute Gasteiger partial charge is 0.381 e. The van der Waals surface area contributed by atoms with Crippen molar-refractivity contribution in [2.75, 3.05) is 13.2 Å². The van der Waals surface area contributed by atoms with Crippen LogP contribution >= 0.6 is 0 Å². The van der Waals surface area contributed by atoms with Gasteiger partial charge in [0, 0.05) is 13.2 Å². The second-order valence-electron chi connectivity index (χ2n) is 3.74. The Balaban J connectivity index is 2.82. The molecular weight excluding hydrogens is 148 g/mol. The van der Waals surface area contributed by atoms with E-state index in [2.05, 4.69) is 20.8 Å². The maximum absolute atomic E-state index is 5.46. The summed E-state index contributed by atoms with van der Waals surface area (Å²) in [7, 11) is 0. The molecule has 0 aromatic heterocycles. The van der Waals surface area contributed by atoms with Gasteiger partial charge in [-0.2, -0.15) is 0 Å². The molecule has 0 aromatic carbocycles. The lowest BCUT2D eigenvalue weighted by atomic mass is 10.2. The fraction of sp³-hybridized carbons (Fsp3) is 0.909. The van der Waals surface area contributed by atoms with Crippen molar-refractivity contribution in [3.05, 3.63) is 6.92 Å². The number of hydrogen-bond donors (Lipinski definition) is 0. The Morgan fingerprint density at radius 3 is 2.33 bits per heavy atom. The van der Waals surface area contributed by atoms with E-state index in [1.807, 2.05) is 0 Å². The molecule has 0 amide bonds. The molecule has 0 bridgehead atoms. The lowest BCUT2D eigenvalue weighted by molar-refractivity contribution is 0.106. The number of hydrogen-bond acceptors (Lipinski definition) is 1. The van der Waals surface area contributed by atoms with Crippen LogP contribution in [0.3, 0.4) is 0 Å². The van der Waals surface area contributed by atoms with Gasteiger partial charge >= 0.3 is 0 Å². The highest BCUT2D eigenvalue weighted by Gasteiger charge is 1.93. The fourth-order valence-corrected chi connectivity index (χ4v) is 1.05. The topological polar surface area (TPSA) is 9.23 Å². The number of rotatable bonds is 8. The van der Waals surface area contributed by atoms with Gasteiger partial charge in [-0.15, -0.1) is 0 Å². The lowest BCUT2D eigenvalue weighted by Crippen LogP contribution is -2.02. The SMILES string of the molecule is [CH2]CCCCCCOCC(C)C. The Kier molecular flexibility index (Phi) is 9.02. The summed E-state index contributed by atoms with van der Waals surface area (Å²) in [5.41, 5.74) is 0. The Morgan fingerprint density at radius 1 is 1.08 bits per heavy atom. The molecule has 0 N–H and O–H groups in total. The zero-order chi connectivity index (χ0) is 9.23. The molecule has 0 aliphatic rings. The van der Waals surface area contributed by atoms with Crippen LogP contribution in [-0.2, 0) is 4.74 Å². The van der Waals surface area contributed by atoms with E-state index >= 15 is 0 Å². The van der Waals surface area contributed by atoms with Crippen LogP contribution in [-0.4, -0.2) is 13.2 Å². The lowest BCUT2D eigenvalue weighted by Gasteiger charge is -2.05. The van der Waals surface area contributed by atoms with E-state index in [4.69, 9.17) is 4.74 Å². The summed E-state index contributed by atoms with van der Waals surface area (Å²) in [5, 5.41) is 0. The van der Waals surface area contributed by atoms with Crippen LogP contribution in [0.5, 0.6) is 0 Å². The predicted molar refractivity (Wildman–Crippen MR) is 54.1 cm³/mol. The van der Waals surface area contributed by atoms with Gasteiger partial charge in [-0.1, -0.05) is 46.5 Å². The summed E-state index contributed by atoms with van der Waals surface area (Å²) in [6.07, 6.45) is 6.17. The zero-order valence-electron chi connectivity index (χ0n) is 8.64. The molecule has 0 fully saturated rings. The van der Waals surface area contributed by atoms with Gasteiger partial charge in [-0.05, 0) is 12.3 Å². The van der Waals surface area contributed by atoms with Gasteiger partial charge in [0.2, 0.25) is 0 Å². The summed E-state index contributed by atoms with van der Waals surface area (Å²) >= 11 is 0. The first-order chi connectivity index (χ1) is 5.77. The van der Waals surface area contributed by atoms with Gasteiger partial charge < -0.3 is 4.74 Å². The molecular formula is C11H23O. The maximum atomic E-state index is 5.46. The van der Waals surface area contributed by atoms with Crippen molar-refractivity contribution >= 4 is 0 Å². The minimum absolute atomic E-state index is 0.671. The molecule has 0 saturated carbocycles. The molecule has 0 atom stereocenters. The molecule has 1 radical (unpaired) electrons. The van der Waals surface area contributed by atoms with Crippen molar-refractivity contribution in [1.29, 1.82) is 0 Å². The van der Waals surface area contributed by atoms with Crippen LogP contribution in [0.15, 0.2) is 0 Å². The second kappa shape index (κ2) is 9.05. The molecule has 12 heavy (non-hydrogen) atoms. The Morgan fingerprint density at radius 2 is 1.75 bits per heavy atom. The number of unbranched alkanes of at least 4 members (excludes halogenated alkanes) is 4. The third-order valence-electron chi connectivity index (χ3n) is 1.74. The van der Waals surface area contributed by atoms with E-state index < -0.39 is 0 Å². The Bertz CT molecular complexity index is 79.1. The van der Waals surface area contributed by atoms with E-state index in [-0.39, 0.29) is 0 Å². The molecule has 0 aromatic rings. The van der Waals surface area contributed by atoms with Gasteiger partial charge in [-0.25, -0.2) is 0 Å². The van der Waals surface area contributed by atoms with E-state index in [0.717, 1.165) is 19.6 Å². The third-order valence-corrected chi connectivity index (χ3v) is 1.74. The summed E-state index contributed by atoms with van der Waals surface area (Å²) in [6, 6.07) is 0. The van der Waals surface area contributed by atoms with Gasteiger partial charge in [0.15, 0.2) is 0 Å². The molecule has 73 valence electrons. The average Bonchev–Trinajstić information content (AvgIpc) is 2.02. The van der Waals surface area contributed by atoms with Crippen LogP contribution in [0, 0.1) is 12.8 Å². The zero-order valence-corrected chi connectivity index (χ0v) is 8.64. The maximum Gasteiger partial charge on any atom is 0.0488 e. The number of ether oxygens (including phenoxy) is 1. The molecule has 1 heteroatoms. The van der Waals surface area contributed by atoms with Crippen LogP contribution in [0.4, 0.5) is 0 Å². The summed E-state index contributed by atoms with van der Waals surface area (Å²) in [5.74, 6) is 0.671. The predicted octanol–water partition coefficient (Wildman–Crippen LogP) is 3.44. The van der Waals surface area contributed by atoms with Crippen molar-refractivity contribution in [3.8, 4) is 0 Å². The standard InChI is InChI=1S/C11H23O/c1-4-5-6-7-8-9-12-10-11(2)3/h11H,1,4-10H2,2-3H3. The Labute approximate surface area is 77.5 Å². The van der Waals surface area contributed by atoms with Gasteiger partial charge in [-0.3, -0.25) is 0 Å². The quantitative estimate of drug-likeness (QED) is 0.508. The molecule has 0 heterocycles. The minimum Gasteiger partial charge on any atom is -0.381 e. The van der Waals surface area contributed by atoms with Crippen molar-refractivity contribution < 1.29 is 4.74 Å². The van der Waals surface area contributed by atoms with E-state index in [1.54, 1.807) is 0 Å². The summed E-state index contributed by atoms with van der Waals surface area (Å²) in [6.45, 7) is 10.0. The molecule has 1 nitrogen and oxygen atoms in total. The minimum atomic E-state index is 0.671. The fourth-order valence-electron chi connectivity index (χ4n) is 1.05. The first-order valence-corrected chi connectivity index (χ1v) is 5.14. The Hall–Kier alpha value is -0.0400. The van der Waals surface area contributed by atoms with Gasteiger partial charge in [0.25, 0.3) is 0 Å². The molecule has 0 aliphatic heterocycles. The second-order valence-corrected chi connectivity index (χ2v) is 3.74. The van der Waals surface area contributed by atoms with Crippen LogP contribution < -0.4 is 0 Å². The highest BCUT2D eigenvalue weighted by Crippen LogP contribution is 2.02. The van der Waals surface area contributed by atoms with E-state index in [0.29, 0.717) is 5.92 Å². The van der Waals surface area contributed by atoms with Crippen molar-refractivity contribution in [1.82, 2.24) is 0 Å². The van der Waals surface area contributed by atoms with E-state index in [9.17, 15) is 0 Å². The monoisotopic (exact) mass is 171 g/mol. The molecule has 0 spiro atoms. The average molecular weight is 171 g/mol. The summed E-state index contributed by atoms with van der Waals surface area (Å²) in [4.78, 5) is 0. The van der Waals surface area contributed by atoms with Gasteiger partial charge in [0.05, 0.1) is 0 Å².